The first-order chi connectivity index (χ1) is 8.41. The van der Waals surface area contributed by atoms with Crippen LogP contribution in [0.1, 0.15) is 30.3 Å². The highest BCUT2D eigenvalue weighted by atomic mass is 35.5. The number of rotatable bonds is 6. The number of carbonyl (C=O) groups is 2. The summed E-state index contributed by atoms with van der Waals surface area (Å²) in [5, 5.41) is 11.8. The Kier molecular flexibility index (Phi) is 5.50. The molecule has 1 rings (SSSR count). The molecule has 100 valence electrons. The minimum absolute atomic E-state index is 0.223. The average Bonchev–Trinajstić information content (AvgIpc) is 2.64. The summed E-state index contributed by atoms with van der Waals surface area (Å²) < 4.78 is 0. The van der Waals surface area contributed by atoms with E-state index in [1.807, 2.05) is 0 Å². The van der Waals surface area contributed by atoms with Crippen LogP contribution in [0.25, 0.3) is 0 Å². The maximum Gasteiger partial charge on any atom is 0.306 e. The van der Waals surface area contributed by atoms with Gasteiger partial charge >= 0.3 is 5.97 Å². The van der Waals surface area contributed by atoms with Crippen molar-refractivity contribution >= 4 is 35.1 Å². The van der Waals surface area contributed by atoms with Crippen LogP contribution in [0.5, 0.6) is 0 Å². The smallest absolute Gasteiger partial charge is 0.306 e. The highest BCUT2D eigenvalue weighted by Gasteiger charge is 2.12. The second-order valence-electron chi connectivity index (χ2n) is 3.98. The Labute approximate surface area is 114 Å². The van der Waals surface area contributed by atoms with Gasteiger partial charge in [0.1, 0.15) is 10.8 Å². The third kappa shape index (κ3) is 4.23. The van der Waals surface area contributed by atoms with Gasteiger partial charge in [-0.15, -0.1) is 0 Å². The van der Waals surface area contributed by atoms with Crippen LogP contribution < -0.4 is 5.32 Å². The number of nitrogens with one attached hydrogen (secondary N) is 2. The largest absolute Gasteiger partial charge is 0.481 e. The van der Waals surface area contributed by atoms with E-state index in [9.17, 15) is 9.59 Å². The first kappa shape index (κ1) is 14.9. The predicted octanol–water partition coefficient (Wildman–Crippen LogP) is 2.55. The van der Waals surface area contributed by atoms with Crippen LogP contribution >= 0.6 is 23.2 Å². The number of hydrogen-bond donors (Lipinski definition) is 3. The number of amides is 1. The molecule has 0 aromatic carbocycles. The zero-order valence-corrected chi connectivity index (χ0v) is 11.3. The van der Waals surface area contributed by atoms with Gasteiger partial charge in [0.15, 0.2) is 0 Å². The number of aromatic amines is 1. The molecule has 1 amide bonds. The molecule has 0 saturated heterocycles. The van der Waals surface area contributed by atoms with Gasteiger partial charge in [0, 0.05) is 6.54 Å². The second kappa shape index (κ2) is 6.66. The van der Waals surface area contributed by atoms with Crippen LogP contribution in [0.4, 0.5) is 0 Å². The van der Waals surface area contributed by atoms with E-state index in [1.54, 1.807) is 6.92 Å². The van der Waals surface area contributed by atoms with Gasteiger partial charge in [-0.25, -0.2) is 0 Å². The number of aromatic nitrogens is 1. The summed E-state index contributed by atoms with van der Waals surface area (Å²) >= 11 is 11.4. The molecule has 0 spiro atoms. The Morgan fingerprint density at radius 2 is 2.17 bits per heavy atom. The van der Waals surface area contributed by atoms with Crippen molar-refractivity contribution in [3.05, 3.63) is 21.9 Å². The lowest BCUT2D eigenvalue weighted by molar-refractivity contribution is -0.141. The Morgan fingerprint density at radius 1 is 1.50 bits per heavy atom. The monoisotopic (exact) mass is 292 g/mol. The third-order valence-electron chi connectivity index (χ3n) is 2.49. The second-order valence-corrected chi connectivity index (χ2v) is 4.77. The molecule has 3 N–H and O–H groups in total. The molecule has 1 heterocycles. The van der Waals surface area contributed by atoms with Crippen LogP contribution in [0.3, 0.4) is 0 Å². The van der Waals surface area contributed by atoms with Gasteiger partial charge in [0.25, 0.3) is 5.91 Å². The lowest BCUT2D eigenvalue weighted by Gasteiger charge is -2.06. The standard InChI is InChI=1S/C11H14Cl2N2O3/c1-6(11(17)18)3-2-4-14-10(16)8-5-7(12)9(13)15-8/h5-6,15H,2-4H2,1H3,(H,14,16)(H,17,18). The highest BCUT2D eigenvalue weighted by molar-refractivity contribution is 6.41. The number of carboxylic acids is 1. The molecule has 1 aromatic heterocycles. The fraction of sp³-hybridized carbons (Fsp3) is 0.455. The van der Waals surface area contributed by atoms with Gasteiger partial charge in [0.05, 0.1) is 10.9 Å². The number of hydrogen-bond acceptors (Lipinski definition) is 2. The molecule has 0 aliphatic rings. The van der Waals surface area contributed by atoms with Gasteiger partial charge in [-0.05, 0) is 18.9 Å². The van der Waals surface area contributed by atoms with E-state index in [2.05, 4.69) is 10.3 Å². The minimum atomic E-state index is -0.829. The Morgan fingerprint density at radius 3 is 2.67 bits per heavy atom. The third-order valence-corrected chi connectivity index (χ3v) is 3.18. The van der Waals surface area contributed by atoms with E-state index < -0.39 is 11.9 Å². The topological polar surface area (TPSA) is 82.2 Å². The van der Waals surface area contributed by atoms with Gasteiger partial charge in [0.2, 0.25) is 0 Å². The molecule has 0 aliphatic heterocycles. The van der Waals surface area contributed by atoms with E-state index in [0.717, 1.165) is 0 Å². The normalized spacial score (nSPS) is 12.2. The van der Waals surface area contributed by atoms with E-state index in [0.29, 0.717) is 24.4 Å². The van der Waals surface area contributed by atoms with Crippen molar-refractivity contribution in [3.8, 4) is 0 Å². The molecule has 7 heteroatoms. The fourth-order valence-corrected chi connectivity index (χ4v) is 1.67. The number of aliphatic carboxylic acids is 1. The van der Waals surface area contributed by atoms with Crippen molar-refractivity contribution < 1.29 is 14.7 Å². The van der Waals surface area contributed by atoms with Gasteiger partial charge < -0.3 is 15.4 Å². The van der Waals surface area contributed by atoms with Gasteiger partial charge in [-0.2, -0.15) is 0 Å². The maximum atomic E-state index is 11.6. The quantitative estimate of drug-likeness (QED) is 0.705. The molecule has 0 bridgehead atoms. The summed E-state index contributed by atoms with van der Waals surface area (Å²) in [5.74, 6) is -1.55. The molecule has 0 radical (unpaired) electrons. The summed E-state index contributed by atoms with van der Waals surface area (Å²) in [6.45, 7) is 2.04. The van der Waals surface area contributed by atoms with E-state index in [-0.39, 0.29) is 16.8 Å². The molecule has 0 aliphatic carbocycles. The predicted molar refractivity (Wildman–Crippen MR) is 69.2 cm³/mol. The molecule has 1 atom stereocenters. The van der Waals surface area contributed by atoms with Crippen molar-refractivity contribution in [2.75, 3.05) is 6.54 Å². The van der Waals surface area contributed by atoms with Crippen molar-refractivity contribution in [1.29, 1.82) is 0 Å². The first-order valence-electron chi connectivity index (χ1n) is 5.46. The van der Waals surface area contributed by atoms with Crippen LogP contribution in [0.15, 0.2) is 6.07 Å². The average molecular weight is 293 g/mol. The van der Waals surface area contributed by atoms with Crippen molar-refractivity contribution in [3.63, 3.8) is 0 Å². The Hall–Kier alpha value is -1.20. The lowest BCUT2D eigenvalue weighted by Crippen LogP contribution is -2.25. The summed E-state index contributed by atoms with van der Waals surface area (Å²) in [4.78, 5) is 24.8. The summed E-state index contributed by atoms with van der Waals surface area (Å²) in [7, 11) is 0. The van der Waals surface area contributed by atoms with Crippen LogP contribution in [0, 0.1) is 5.92 Å². The first-order valence-corrected chi connectivity index (χ1v) is 6.22. The van der Waals surface area contributed by atoms with Crippen LogP contribution in [0.2, 0.25) is 10.2 Å². The van der Waals surface area contributed by atoms with Gasteiger partial charge in [-0.1, -0.05) is 30.1 Å². The van der Waals surface area contributed by atoms with E-state index in [4.69, 9.17) is 28.3 Å². The number of carboxylic acid groups (broad SMARTS) is 1. The van der Waals surface area contributed by atoms with Crippen molar-refractivity contribution in [2.45, 2.75) is 19.8 Å². The Bertz CT molecular complexity index is 426. The molecule has 0 saturated carbocycles. The summed E-state index contributed by atoms with van der Waals surface area (Å²) in [6.07, 6.45) is 1.11. The zero-order valence-electron chi connectivity index (χ0n) is 9.80. The highest BCUT2D eigenvalue weighted by Crippen LogP contribution is 2.21. The molecular formula is C11H14Cl2N2O3. The molecule has 1 unspecified atom stereocenters. The number of halogens is 2. The lowest BCUT2D eigenvalue weighted by atomic mass is 10.1. The zero-order chi connectivity index (χ0) is 13.7. The fourth-order valence-electron chi connectivity index (χ4n) is 1.36. The molecular weight excluding hydrogens is 279 g/mol. The van der Waals surface area contributed by atoms with E-state index >= 15 is 0 Å². The summed E-state index contributed by atoms with van der Waals surface area (Å²) in [5.41, 5.74) is 0.288. The van der Waals surface area contributed by atoms with Gasteiger partial charge in [-0.3, -0.25) is 9.59 Å². The Balaban J connectivity index is 2.32. The molecule has 1 aromatic rings. The molecule has 18 heavy (non-hydrogen) atoms. The SMILES string of the molecule is CC(CCCNC(=O)c1cc(Cl)c(Cl)[nH]1)C(=O)O. The maximum absolute atomic E-state index is 11.6. The molecule has 5 nitrogen and oxygen atoms in total. The van der Waals surface area contributed by atoms with Crippen molar-refractivity contribution in [2.24, 2.45) is 5.92 Å². The van der Waals surface area contributed by atoms with Crippen LogP contribution in [-0.2, 0) is 4.79 Å². The van der Waals surface area contributed by atoms with Crippen molar-refractivity contribution in [1.82, 2.24) is 10.3 Å². The van der Waals surface area contributed by atoms with Crippen LogP contribution in [-0.4, -0.2) is 28.5 Å². The van der Waals surface area contributed by atoms with E-state index in [1.165, 1.54) is 6.07 Å². The molecule has 0 fully saturated rings. The number of carbonyl (C=O) groups excluding carboxylic acids is 1. The number of H-pyrrole nitrogens is 1. The summed E-state index contributed by atoms with van der Waals surface area (Å²) in [6, 6.07) is 1.44. The minimum Gasteiger partial charge on any atom is -0.481 e.